The molecule has 0 atom stereocenters. The SMILES string of the molecule is Cc1csc(Sc2ccc(C(=O)OCC(=O)NC(c3ccccc3)c3ccccc3)cc2[N+](=O)[O-])n1. The van der Waals surface area contributed by atoms with Crippen molar-refractivity contribution in [1.82, 2.24) is 10.3 Å². The van der Waals surface area contributed by atoms with Gasteiger partial charge in [-0.15, -0.1) is 11.3 Å². The zero-order valence-electron chi connectivity index (χ0n) is 19.1. The number of carbonyl (C=O) groups is 2. The van der Waals surface area contributed by atoms with Crippen LogP contribution in [0.5, 0.6) is 0 Å². The quantitative estimate of drug-likeness (QED) is 0.175. The van der Waals surface area contributed by atoms with Crippen LogP contribution in [0.2, 0.25) is 0 Å². The zero-order chi connectivity index (χ0) is 25.5. The number of nitro groups is 1. The van der Waals surface area contributed by atoms with Gasteiger partial charge in [-0.25, -0.2) is 9.78 Å². The smallest absolute Gasteiger partial charge is 0.338 e. The summed E-state index contributed by atoms with van der Waals surface area (Å²) in [5.41, 5.74) is 2.33. The number of aromatic nitrogens is 1. The molecule has 1 N–H and O–H groups in total. The Kier molecular flexibility index (Phi) is 8.09. The number of thiazole rings is 1. The van der Waals surface area contributed by atoms with Gasteiger partial charge in [-0.2, -0.15) is 0 Å². The molecule has 0 saturated heterocycles. The fraction of sp³-hybridized carbons (Fsp3) is 0.115. The highest BCUT2D eigenvalue weighted by molar-refractivity contribution is 8.01. The first kappa shape index (κ1) is 25.1. The summed E-state index contributed by atoms with van der Waals surface area (Å²) in [6.07, 6.45) is 0. The third kappa shape index (κ3) is 6.35. The van der Waals surface area contributed by atoms with Crippen molar-refractivity contribution in [3.8, 4) is 0 Å². The van der Waals surface area contributed by atoms with Crippen LogP contribution in [0, 0.1) is 17.0 Å². The average Bonchev–Trinajstić information content (AvgIpc) is 3.31. The molecule has 0 saturated carbocycles. The molecular weight excluding hydrogens is 498 g/mol. The van der Waals surface area contributed by atoms with E-state index < -0.39 is 29.4 Å². The predicted molar refractivity (Wildman–Crippen MR) is 137 cm³/mol. The number of amides is 1. The number of nitro benzene ring substituents is 1. The molecule has 4 rings (SSSR count). The molecule has 0 unspecified atom stereocenters. The molecule has 0 spiro atoms. The van der Waals surface area contributed by atoms with E-state index in [9.17, 15) is 19.7 Å². The topological polar surface area (TPSA) is 111 Å². The first-order valence-corrected chi connectivity index (χ1v) is 12.5. The number of benzene rings is 3. The van der Waals surface area contributed by atoms with Gasteiger partial charge in [0.2, 0.25) is 0 Å². The molecule has 0 radical (unpaired) electrons. The Balaban J connectivity index is 1.43. The third-order valence-corrected chi connectivity index (χ3v) is 7.21. The summed E-state index contributed by atoms with van der Waals surface area (Å²) in [6.45, 7) is 1.31. The van der Waals surface area contributed by atoms with E-state index in [0.717, 1.165) is 34.6 Å². The maximum atomic E-state index is 12.7. The van der Waals surface area contributed by atoms with Crippen molar-refractivity contribution < 1.29 is 19.2 Å². The van der Waals surface area contributed by atoms with Crippen molar-refractivity contribution in [3.05, 3.63) is 117 Å². The second-order valence-electron chi connectivity index (χ2n) is 7.69. The maximum absolute atomic E-state index is 12.7. The molecule has 10 heteroatoms. The summed E-state index contributed by atoms with van der Waals surface area (Å²) >= 11 is 2.54. The van der Waals surface area contributed by atoms with E-state index in [0.29, 0.717) is 9.24 Å². The van der Waals surface area contributed by atoms with Crippen molar-refractivity contribution >= 4 is 40.7 Å². The van der Waals surface area contributed by atoms with Gasteiger partial charge in [0.25, 0.3) is 11.6 Å². The lowest BCUT2D eigenvalue weighted by molar-refractivity contribution is -0.387. The summed E-state index contributed by atoms with van der Waals surface area (Å²) in [5, 5.41) is 16.4. The van der Waals surface area contributed by atoms with Crippen LogP contribution in [0.3, 0.4) is 0 Å². The third-order valence-electron chi connectivity index (χ3n) is 5.09. The minimum absolute atomic E-state index is 0.0168. The Morgan fingerprint density at radius 3 is 2.25 bits per heavy atom. The standard InChI is InChI=1S/C26H21N3O5S2/c1-17-16-35-26(27-17)36-22-13-12-20(14-21(22)29(32)33)25(31)34-15-23(30)28-24(18-8-4-2-5-9-18)19-10-6-3-7-11-19/h2-14,16,24H,15H2,1H3,(H,28,30). The van der Waals surface area contributed by atoms with Gasteiger partial charge in [0.05, 0.1) is 21.4 Å². The molecule has 3 aromatic carbocycles. The highest BCUT2D eigenvalue weighted by Gasteiger charge is 2.22. The van der Waals surface area contributed by atoms with E-state index in [1.54, 1.807) is 0 Å². The molecule has 0 aliphatic carbocycles. The van der Waals surface area contributed by atoms with E-state index in [2.05, 4.69) is 10.3 Å². The van der Waals surface area contributed by atoms with Crippen LogP contribution in [-0.4, -0.2) is 28.4 Å². The van der Waals surface area contributed by atoms with Gasteiger partial charge in [0.1, 0.15) is 0 Å². The summed E-state index contributed by atoms with van der Waals surface area (Å²) < 4.78 is 5.83. The van der Waals surface area contributed by atoms with Gasteiger partial charge >= 0.3 is 5.97 Å². The molecule has 8 nitrogen and oxygen atoms in total. The van der Waals surface area contributed by atoms with Gasteiger partial charge in [0.15, 0.2) is 10.9 Å². The van der Waals surface area contributed by atoms with Crippen LogP contribution in [-0.2, 0) is 9.53 Å². The first-order valence-electron chi connectivity index (χ1n) is 10.9. The fourth-order valence-corrected chi connectivity index (χ4v) is 5.29. The highest BCUT2D eigenvalue weighted by atomic mass is 32.2. The van der Waals surface area contributed by atoms with Gasteiger partial charge in [-0.05, 0) is 30.2 Å². The summed E-state index contributed by atoms with van der Waals surface area (Å²) in [7, 11) is 0. The first-order chi connectivity index (χ1) is 17.4. The number of hydrogen-bond donors (Lipinski definition) is 1. The Hall–Kier alpha value is -4.02. The fourth-order valence-electron chi connectivity index (χ4n) is 3.41. The number of ether oxygens (including phenoxy) is 1. The molecule has 0 aliphatic heterocycles. The van der Waals surface area contributed by atoms with Gasteiger partial charge in [0, 0.05) is 17.1 Å². The molecular formula is C26H21N3O5S2. The monoisotopic (exact) mass is 519 g/mol. The van der Waals surface area contributed by atoms with Crippen LogP contribution >= 0.6 is 23.1 Å². The Morgan fingerprint density at radius 1 is 1.06 bits per heavy atom. The number of esters is 1. The van der Waals surface area contributed by atoms with Gasteiger partial charge in [-0.3, -0.25) is 14.9 Å². The molecule has 1 aromatic heterocycles. The second-order valence-corrected chi connectivity index (χ2v) is 9.84. The summed E-state index contributed by atoms with van der Waals surface area (Å²) in [6, 6.07) is 22.5. The highest BCUT2D eigenvalue weighted by Crippen LogP contribution is 2.37. The molecule has 1 amide bonds. The molecule has 0 fully saturated rings. The van der Waals surface area contributed by atoms with Crippen LogP contribution in [0.25, 0.3) is 0 Å². The second kappa shape index (κ2) is 11.6. The average molecular weight is 520 g/mol. The van der Waals surface area contributed by atoms with Crippen LogP contribution in [0.4, 0.5) is 5.69 Å². The van der Waals surface area contributed by atoms with Crippen molar-refractivity contribution in [2.24, 2.45) is 0 Å². The van der Waals surface area contributed by atoms with Crippen molar-refractivity contribution in [1.29, 1.82) is 0 Å². The van der Waals surface area contributed by atoms with E-state index in [4.69, 9.17) is 4.74 Å². The van der Waals surface area contributed by atoms with E-state index in [1.807, 2.05) is 73.0 Å². The molecule has 182 valence electrons. The Bertz CT molecular complexity index is 1340. The number of nitrogens with zero attached hydrogens (tertiary/aromatic N) is 2. The normalized spacial score (nSPS) is 10.7. The number of carbonyl (C=O) groups excluding carboxylic acids is 2. The summed E-state index contributed by atoms with van der Waals surface area (Å²) in [4.78, 5) is 41.0. The van der Waals surface area contributed by atoms with Crippen LogP contribution < -0.4 is 5.32 Å². The van der Waals surface area contributed by atoms with Crippen LogP contribution in [0.15, 0.2) is 93.5 Å². The predicted octanol–water partition coefficient (Wildman–Crippen LogP) is 5.57. The zero-order valence-corrected chi connectivity index (χ0v) is 20.8. The molecule has 0 bridgehead atoms. The molecule has 0 aliphatic rings. The van der Waals surface area contributed by atoms with E-state index in [-0.39, 0.29) is 11.3 Å². The number of nitrogens with one attached hydrogen (secondary N) is 1. The number of rotatable bonds is 9. The van der Waals surface area contributed by atoms with Crippen molar-refractivity contribution in [2.45, 2.75) is 22.2 Å². The maximum Gasteiger partial charge on any atom is 0.338 e. The van der Waals surface area contributed by atoms with Crippen molar-refractivity contribution in [3.63, 3.8) is 0 Å². The molecule has 4 aromatic rings. The minimum Gasteiger partial charge on any atom is -0.452 e. The van der Waals surface area contributed by atoms with E-state index >= 15 is 0 Å². The van der Waals surface area contributed by atoms with E-state index in [1.165, 1.54) is 23.5 Å². The van der Waals surface area contributed by atoms with Crippen LogP contribution in [0.1, 0.15) is 33.2 Å². The summed E-state index contributed by atoms with van der Waals surface area (Å²) in [5.74, 6) is -1.33. The lowest BCUT2D eigenvalue weighted by Gasteiger charge is -2.20. The lowest BCUT2D eigenvalue weighted by Crippen LogP contribution is -2.33. The minimum atomic E-state index is -0.828. The van der Waals surface area contributed by atoms with Gasteiger partial charge < -0.3 is 10.1 Å². The Labute approximate surface area is 215 Å². The lowest BCUT2D eigenvalue weighted by atomic mass is 9.99. The number of aryl methyl sites for hydroxylation is 1. The molecule has 1 heterocycles. The Morgan fingerprint density at radius 2 is 1.69 bits per heavy atom. The number of hydrogen-bond acceptors (Lipinski definition) is 8. The largest absolute Gasteiger partial charge is 0.452 e. The molecule has 36 heavy (non-hydrogen) atoms. The van der Waals surface area contributed by atoms with Gasteiger partial charge in [-0.1, -0.05) is 72.4 Å². The van der Waals surface area contributed by atoms with Crippen molar-refractivity contribution in [2.75, 3.05) is 6.61 Å².